The molecule has 0 aromatic heterocycles. The van der Waals surface area contributed by atoms with E-state index in [4.69, 9.17) is 0 Å². The minimum Gasteiger partial charge on any atom is -0.350 e. The number of benzene rings is 2. The van der Waals surface area contributed by atoms with Crippen molar-refractivity contribution in [2.45, 2.75) is 37.6 Å². The molecule has 1 atom stereocenters. The highest BCUT2D eigenvalue weighted by molar-refractivity contribution is 7.90. The number of amides is 1. The van der Waals surface area contributed by atoms with Crippen LogP contribution in [0.1, 0.15) is 34.8 Å². The van der Waals surface area contributed by atoms with Gasteiger partial charge in [-0.3, -0.25) is 4.79 Å². The summed E-state index contributed by atoms with van der Waals surface area (Å²) in [6, 6.07) is 14.7. The van der Waals surface area contributed by atoms with Crippen molar-refractivity contribution < 1.29 is 13.2 Å². The molecule has 0 spiro atoms. The molecule has 128 valence electrons. The van der Waals surface area contributed by atoms with Crippen LogP contribution in [0.2, 0.25) is 0 Å². The Bertz CT molecular complexity index is 814. The van der Waals surface area contributed by atoms with Crippen LogP contribution in [0.25, 0.3) is 0 Å². The first-order valence-corrected chi connectivity index (χ1v) is 9.82. The smallest absolute Gasteiger partial charge is 0.251 e. The van der Waals surface area contributed by atoms with Crippen molar-refractivity contribution in [2.24, 2.45) is 0 Å². The molecule has 0 bridgehead atoms. The highest BCUT2D eigenvalue weighted by Gasteiger charge is 2.16. The van der Waals surface area contributed by atoms with E-state index in [2.05, 4.69) is 17.4 Å². The van der Waals surface area contributed by atoms with E-state index in [1.54, 1.807) is 13.0 Å². The zero-order valence-electron chi connectivity index (χ0n) is 14.2. The van der Waals surface area contributed by atoms with E-state index in [9.17, 15) is 13.2 Å². The molecule has 0 fully saturated rings. The lowest BCUT2D eigenvalue weighted by Crippen LogP contribution is -2.33. The molecule has 0 saturated heterocycles. The van der Waals surface area contributed by atoms with E-state index in [0.29, 0.717) is 5.56 Å². The number of nitrogens with one attached hydrogen (secondary N) is 1. The van der Waals surface area contributed by atoms with Crippen LogP contribution in [0, 0.1) is 6.92 Å². The van der Waals surface area contributed by atoms with Gasteiger partial charge in [-0.2, -0.15) is 0 Å². The molecular weight excluding hydrogens is 322 g/mol. The van der Waals surface area contributed by atoms with Gasteiger partial charge in [0.1, 0.15) is 0 Å². The molecule has 1 unspecified atom stereocenters. The maximum absolute atomic E-state index is 12.5. The molecule has 0 aliphatic carbocycles. The predicted molar refractivity (Wildman–Crippen MR) is 96.0 cm³/mol. The lowest BCUT2D eigenvalue weighted by molar-refractivity contribution is 0.0937. The summed E-state index contributed by atoms with van der Waals surface area (Å²) in [6.45, 7) is 3.76. The van der Waals surface area contributed by atoms with Gasteiger partial charge in [-0.25, -0.2) is 8.42 Å². The molecule has 0 aliphatic rings. The van der Waals surface area contributed by atoms with E-state index >= 15 is 0 Å². The number of sulfone groups is 1. The standard InChI is InChI=1S/C19H23NO3S/c1-14-9-12-17(24(3,22)23)13-18(14)19(21)20-15(2)10-11-16-7-5-4-6-8-16/h4-9,12-13,15H,10-11H2,1-3H3,(H,20,21). The molecule has 2 aromatic carbocycles. The third kappa shape index (κ3) is 4.93. The van der Waals surface area contributed by atoms with Gasteiger partial charge in [0.2, 0.25) is 0 Å². The Morgan fingerprint density at radius 3 is 2.42 bits per heavy atom. The topological polar surface area (TPSA) is 63.2 Å². The van der Waals surface area contributed by atoms with Gasteiger partial charge in [0.15, 0.2) is 9.84 Å². The third-order valence-electron chi connectivity index (χ3n) is 3.97. The van der Waals surface area contributed by atoms with Crippen LogP contribution in [0.4, 0.5) is 0 Å². The summed E-state index contributed by atoms with van der Waals surface area (Å²) in [5, 5.41) is 2.95. The molecular formula is C19H23NO3S. The third-order valence-corrected chi connectivity index (χ3v) is 5.08. The van der Waals surface area contributed by atoms with E-state index in [1.807, 2.05) is 25.1 Å². The molecule has 2 aromatic rings. The van der Waals surface area contributed by atoms with Gasteiger partial charge in [-0.05, 0) is 49.9 Å². The van der Waals surface area contributed by atoms with Crippen molar-refractivity contribution >= 4 is 15.7 Å². The monoisotopic (exact) mass is 345 g/mol. The van der Waals surface area contributed by atoms with Crippen LogP contribution >= 0.6 is 0 Å². The molecule has 5 heteroatoms. The quantitative estimate of drug-likeness (QED) is 0.875. The number of carbonyl (C=O) groups is 1. The van der Waals surface area contributed by atoms with Gasteiger partial charge in [0.05, 0.1) is 4.90 Å². The fraction of sp³-hybridized carbons (Fsp3) is 0.316. The van der Waals surface area contributed by atoms with Crippen LogP contribution in [-0.2, 0) is 16.3 Å². The normalized spacial score (nSPS) is 12.6. The Balaban J connectivity index is 2.04. The second-order valence-electron chi connectivity index (χ2n) is 6.15. The van der Waals surface area contributed by atoms with Crippen molar-refractivity contribution in [2.75, 3.05) is 6.26 Å². The average molecular weight is 345 g/mol. The molecule has 4 nitrogen and oxygen atoms in total. The fourth-order valence-electron chi connectivity index (χ4n) is 2.48. The summed E-state index contributed by atoms with van der Waals surface area (Å²) in [5.74, 6) is -0.237. The Kier molecular flexibility index (Phi) is 5.78. The molecule has 0 radical (unpaired) electrons. The maximum Gasteiger partial charge on any atom is 0.251 e. The highest BCUT2D eigenvalue weighted by Crippen LogP contribution is 2.16. The van der Waals surface area contributed by atoms with E-state index < -0.39 is 9.84 Å². The molecule has 1 N–H and O–H groups in total. The first kappa shape index (κ1) is 18.2. The largest absolute Gasteiger partial charge is 0.350 e. The lowest BCUT2D eigenvalue weighted by Gasteiger charge is -2.15. The van der Waals surface area contributed by atoms with Crippen LogP contribution < -0.4 is 5.32 Å². The number of carbonyl (C=O) groups excluding carboxylic acids is 1. The van der Waals surface area contributed by atoms with Crippen LogP contribution in [-0.4, -0.2) is 26.6 Å². The maximum atomic E-state index is 12.5. The van der Waals surface area contributed by atoms with E-state index in [1.165, 1.54) is 17.7 Å². The summed E-state index contributed by atoms with van der Waals surface area (Å²) in [4.78, 5) is 12.6. The molecule has 0 saturated carbocycles. The Labute approximate surface area is 143 Å². The van der Waals surface area contributed by atoms with Crippen molar-refractivity contribution in [3.8, 4) is 0 Å². The van der Waals surface area contributed by atoms with Gasteiger partial charge in [0.25, 0.3) is 5.91 Å². The second kappa shape index (κ2) is 7.62. The Morgan fingerprint density at radius 1 is 1.12 bits per heavy atom. The summed E-state index contributed by atoms with van der Waals surface area (Å²) in [7, 11) is -3.33. The predicted octanol–water partition coefficient (Wildman–Crippen LogP) is 3.15. The van der Waals surface area contributed by atoms with E-state index in [-0.39, 0.29) is 16.8 Å². The highest BCUT2D eigenvalue weighted by atomic mass is 32.2. The first-order chi connectivity index (χ1) is 11.3. The molecule has 2 rings (SSSR count). The molecule has 24 heavy (non-hydrogen) atoms. The SMILES string of the molecule is Cc1ccc(S(C)(=O)=O)cc1C(=O)NC(C)CCc1ccccc1. The lowest BCUT2D eigenvalue weighted by atomic mass is 10.0. The number of hydrogen-bond acceptors (Lipinski definition) is 3. The first-order valence-electron chi connectivity index (χ1n) is 7.93. The zero-order chi connectivity index (χ0) is 17.7. The minimum atomic E-state index is -3.33. The van der Waals surface area contributed by atoms with Crippen molar-refractivity contribution in [1.82, 2.24) is 5.32 Å². The van der Waals surface area contributed by atoms with Gasteiger partial charge in [-0.1, -0.05) is 36.4 Å². The van der Waals surface area contributed by atoms with Crippen molar-refractivity contribution in [3.63, 3.8) is 0 Å². The number of hydrogen-bond donors (Lipinski definition) is 1. The van der Waals surface area contributed by atoms with Crippen molar-refractivity contribution in [1.29, 1.82) is 0 Å². The van der Waals surface area contributed by atoms with Crippen LogP contribution in [0.5, 0.6) is 0 Å². The Morgan fingerprint density at radius 2 is 1.79 bits per heavy atom. The second-order valence-corrected chi connectivity index (χ2v) is 8.16. The summed E-state index contributed by atoms with van der Waals surface area (Å²) < 4.78 is 23.3. The number of rotatable bonds is 6. The summed E-state index contributed by atoms with van der Waals surface area (Å²) in [5.41, 5.74) is 2.40. The summed E-state index contributed by atoms with van der Waals surface area (Å²) >= 11 is 0. The Hall–Kier alpha value is -2.14. The zero-order valence-corrected chi connectivity index (χ0v) is 15.1. The summed E-state index contributed by atoms with van der Waals surface area (Å²) in [6.07, 6.45) is 2.84. The average Bonchev–Trinajstić information content (AvgIpc) is 2.53. The van der Waals surface area contributed by atoms with Gasteiger partial charge in [0, 0.05) is 17.9 Å². The van der Waals surface area contributed by atoms with Gasteiger partial charge < -0.3 is 5.32 Å². The van der Waals surface area contributed by atoms with Gasteiger partial charge >= 0.3 is 0 Å². The molecule has 0 aliphatic heterocycles. The molecule has 0 heterocycles. The van der Waals surface area contributed by atoms with Gasteiger partial charge in [-0.15, -0.1) is 0 Å². The van der Waals surface area contributed by atoms with Crippen LogP contribution in [0.3, 0.4) is 0 Å². The van der Waals surface area contributed by atoms with Crippen LogP contribution in [0.15, 0.2) is 53.4 Å². The minimum absolute atomic E-state index is 0.000930. The van der Waals surface area contributed by atoms with Crippen molar-refractivity contribution in [3.05, 3.63) is 65.2 Å². The fourth-order valence-corrected chi connectivity index (χ4v) is 3.13. The number of aryl methyl sites for hydroxylation is 2. The van der Waals surface area contributed by atoms with E-state index in [0.717, 1.165) is 24.7 Å². The molecule has 1 amide bonds.